The fourth-order valence-electron chi connectivity index (χ4n) is 2.95. The lowest BCUT2D eigenvalue weighted by molar-refractivity contribution is -0.172. The van der Waals surface area contributed by atoms with E-state index >= 15 is 0 Å². The van der Waals surface area contributed by atoms with Gasteiger partial charge in [0.25, 0.3) is 0 Å². The summed E-state index contributed by atoms with van der Waals surface area (Å²) < 4.78 is 10.5. The number of carboxylic acids is 1. The molecule has 154 valence electrons. The molecule has 0 aliphatic heterocycles. The molecule has 2 rings (SSSR count). The summed E-state index contributed by atoms with van der Waals surface area (Å²) in [5.41, 5.74) is 1.49. The number of hydrogen-bond donors (Lipinski definition) is 1. The molecule has 0 saturated carbocycles. The summed E-state index contributed by atoms with van der Waals surface area (Å²) in [6.45, 7) is 3.57. The number of carbonyl (C=O) groups excluding carboxylic acids is 2. The quantitative estimate of drug-likeness (QED) is 0.483. The third-order valence-electron chi connectivity index (χ3n) is 4.40. The SMILES string of the molecule is CC(C)C[C@H](C(=O)O)C(C(=O)OCc1ccccc1)C(=O)OCc1ccccc1. The molecule has 0 spiro atoms. The Bertz CT molecular complexity index is 745. The molecule has 0 aromatic heterocycles. The Morgan fingerprint density at radius 1 is 0.793 bits per heavy atom. The number of carboxylic acid groups (broad SMARTS) is 1. The van der Waals surface area contributed by atoms with Crippen molar-refractivity contribution in [3.8, 4) is 0 Å². The first-order chi connectivity index (χ1) is 13.9. The molecule has 1 atom stereocenters. The van der Waals surface area contributed by atoms with Crippen LogP contribution in [0.2, 0.25) is 0 Å². The van der Waals surface area contributed by atoms with Gasteiger partial charge in [0.15, 0.2) is 5.92 Å². The van der Waals surface area contributed by atoms with Gasteiger partial charge in [-0.2, -0.15) is 0 Å². The normalized spacial score (nSPS) is 11.9. The van der Waals surface area contributed by atoms with Gasteiger partial charge in [-0.1, -0.05) is 74.5 Å². The molecular weight excluding hydrogens is 372 g/mol. The average molecular weight is 398 g/mol. The van der Waals surface area contributed by atoms with E-state index in [1.807, 2.05) is 26.0 Å². The summed E-state index contributed by atoms with van der Waals surface area (Å²) in [5.74, 6) is -5.77. The van der Waals surface area contributed by atoms with E-state index in [1.54, 1.807) is 48.5 Å². The van der Waals surface area contributed by atoms with Gasteiger partial charge < -0.3 is 14.6 Å². The van der Waals surface area contributed by atoms with Gasteiger partial charge in [-0.3, -0.25) is 14.4 Å². The fourth-order valence-corrected chi connectivity index (χ4v) is 2.95. The number of esters is 2. The van der Waals surface area contributed by atoms with E-state index in [0.717, 1.165) is 11.1 Å². The Morgan fingerprint density at radius 3 is 1.55 bits per heavy atom. The van der Waals surface area contributed by atoms with Gasteiger partial charge in [0, 0.05) is 0 Å². The zero-order chi connectivity index (χ0) is 21.2. The zero-order valence-corrected chi connectivity index (χ0v) is 16.6. The zero-order valence-electron chi connectivity index (χ0n) is 16.6. The first kappa shape index (κ1) is 22.1. The highest BCUT2D eigenvalue weighted by molar-refractivity contribution is 5.98. The van der Waals surface area contributed by atoms with E-state index in [9.17, 15) is 19.5 Å². The molecule has 6 heteroatoms. The van der Waals surface area contributed by atoms with Gasteiger partial charge in [0.05, 0.1) is 5.92 Å². The molecule has 2 aromatic carbocycles. The number of rotatable bonds is 10. The Morgan fingerprint density at radius 2 is 1.21 bits per heavy atom. The van der Waals surface area contributed by atoms with Crippen molar-refractivity contribution in [1.82, 2.24) is 0 Å². The molecule has 0 amide bonds. The van der Waals surface area contributed by atoms with Crippen molar-refractivity contribution < 1.29 is 29.0 Å². The Balaban J connectivity index is 2.15. The minimum absolute atomic E-state index is 0.0255. The van der Waals surface area contributed by atoms with Crippen LogP contribution in [0.4, 0.5) is 0 Å². The van der Waals surface area contributed by atoms with Gasteiger partial charge in [0.1, 0.15) is 13.2 Å². The third kappa shape index (κ3) is 7.07. The topological polar surface area (TPSA) is 89.9 Å². The maximum atomic E-state index is 12.7. The van der Waals surface area contributed by atoms with Crippen LogP contribution in [0.1, 0.15) is 31.4 Å². The van der Waals surface area contributed by atoms with E-state index < -0.39 is 29.7 Å². The lowest BCUT2D eigenvalue weighted by atomic mass is 9.85. The Labute approximate surface area is 170 Å². The van der Waals surface area contributed by atoms with Crippen molar-refractivity contribution in [2.75, 3.05) is 0 Å². The van der Waals surface area contributed by atoms with Gasteiger partial charge in [-0.25, -0.2) is 0 Å². The predicted molar refractivity (Wildman–Crippen MR) is 107 cm³/mol. The minimum Gasteiger partial charge on any atom is -0.481 e. The maximum Gasteiger partial charge on any atom is 0.321 e. The predicted octanol–water partition coefficient (Wildman–Crippen LogP) is 3.84. The molecule has 0 unspecified atom stereocenters. The largest absolute Gasteiger partial charge is 0.481 e. The molecule has 0 bridgehead atoms. The number of ether oxygens (including phenoxy) is 2. The van der Waals surface area contributed by atoms with Crippen molar-refractivity contribution in [2.45, 2.75) is 33.5 Å². The standard InChI is InChI=1S/C23H26O6/c1-16(2)13-19(21(24)25)20(22(26)28-14-17-9-5-3-6-10-17)23(27)29-15-18-11-7-4-8-12-18/h3-12,16,19-20H,13-15H2,1-2H3,(H,24,25)/t19-/m0/s1. The number of carbonyl (C=O) groups is 3. The summed E-state index contributed by atoms with van der Waals surface area (Å²) >= 11 is 0. The molecule has 0 heterocycles. The van der Waals surface area contributed by atoms with Gasteiger partial charge in [0.2, 0.25) is 0 Å². The second kappa shape index (κ2) is 11.0. The van der Waals surface area contributed by atoms with Crippen LogP contribution in [-0.4, -0.2) is 23.0 Å². The summed E-state index contributed by atoms with van der Waals surface area (Å²) in [7, 11) is 0. The van der Waals surface area contributed by atoms with E-state index in [1.165, 1.54) is 0 Å². The van der Waals surface area contributed by atoms with Crippen LogP contribution in [0.25, 0.3) is 0 Å². The van der Waals surface area contributed by atoms with Crippen LogP contribution < -0.4 is 0 Å². The second-order valence-electron chi connectivity index (χ2n) is 7.24. The number of benzene rings is 2. The van der Waals surface area contributed by atoms with Gasteiger partial charge in [-0.15, -0.1) is 0 Å². The van der Waals surface area contributed by atoms with Crippen LogP contribution in [0.3, 0.4) is 0 Å². The summed E-state index contributed by atoms with van der Waals surface area (Å²) in [4.78, 5) is 37.2. The van der Waals surface area contributed by atoms with Gasteiger partial charge in [-0.05, 0) is 23.5 Å². The Hall–Kier alpha value is -3.15. The Kier molecular flexibility index (Phi) is 8.40. The van der Waals surface area contributed by atoms with E-state index in [0.29, 0.717) is 0 Å². The monoisotopic (exact) mass is 398 g/mol. The summed E-state index contributed by atoms with van der Waals surface area (Å²) in [6, 6.07) is 18.0. The second-order valence-corrected chi connectivity index (χ2v) is 7.24. The highest BCUT2D eigenvalue weighted by Crippen LogP contribution is 2.25. The first-order valence-corrected chi connectivity index (χ1v) is 9.52. The minimum atomic E-state index is -1.53. The van der Waals surface area contributed by atoms with Crippen LogP contribution in [0, 0.1) is 17.8 Å². The van der Waals surface area contributed by atoms with E-state index in [2.05, 4.69) is 0 Å². The van der Waals surface area contributed by atoms with Crippen LogP contribution >= 0.6 is 0 Å². The molecule has 0 saturated heterocycles. The van der Waals surface area contributed by atoms with Gasteiger partial charge >= 0.3 is 17.9 Å². The maximum absolute atomic E-state index is 12.7. The van der Waals surface area contributed by atoms with Crippen LogP contribution in [0.15, 0.2) is 60.7 Å². The third-order valence-corrected chi connectivity index (χ3v) is 4.40. The summed E-state index contributed by atoms with van der Waals surface area (Å²) in [6.07, 6.45) is 0.154. The molecular formula is C23H26O6. The first-order valence-electron chi connectivity index (χ1n) is 9.52. The van der Waals surface area contributed by atoms with Crippen molar-refractivity contribution in [1.29, 1.82) is 0 Å². The highest BCUT2D eigenvalue weighted by Gasteiger charge is 2.42. The van der Waals surface area contributed by atoms with Crippen LogP contribution in [0.5, 0.6) is 0 Å². The van der Waals surface area contributed by atoms with Crippen LogP contribution in [-0.2, 0) is 37.1 Å². The average Bonchev–Trinajstić information content (AvgIpc) is 2.71. The highest BCUT2D eigenvalue weighted by atomic mass is 16.6. The molecule has 0 fully saturated rings. The molecule has 0 aliphatic rings. The summed E-state index contributed by atoms with van der Waals surface area (Å²) in [5, 5.41) is 9.65. The molecule has 0 aliphatic carbocycles. The molecule has 6 nitrogen and oxygen atoms in total. The number of hydrogen-bond acceptors (Lipinski definition) is 5. The molecule has 2 aromatic rings. The molecule has 29 heavy (non-hydrogen) atoms. The molecule has 0 radical (unpaired) electrons. The lowest BCUT2D eigenvalue weighted by Gasteiger charge is -2.22. The molecule has 1 N–H and O–H groups in total. The van der Waals surface area contributed by atoms with E-state index in [4.69, 9.17) is 9.47 Å². The smallest absolute Gasteiger partial charge is 0.321 e. The van der Waals surface area contributed by atoms with Crippen molar-refractivity contribution in [2.24, 2.45) is 17.8 Å². The van der Waals surface area contributed by atoms with Crippen molar-refractivity contribution >= 4 is 17.9 Å². The van der Waals surface area contributed by atoms with E-state index in [-0.39, 0.29) is 25.6 Å². The van der Waals surface area contributed by atoms with Crippen molar-refractivity contribution in [3.05, 3.63) is 71.8 Å². The number of aliphatic carboxylic acids is 1. The lowest BCUT2D eigenvalue weighted by Crippen LogP contribution is -2.39. The van der Waals surface area contributed by atoms with Crippen molar-refractivity contribution in [3.63, 3.8) is 0 Å². The fraction of sp³-hybridized carbons (Fsp3) is 0.348.